The fraction of sp³-hybridized carbons (Fsp3) is 0.250. The molecule has 0 bridgehead atoms. The van der Waals surface area contributed by atoms with Gasteiger partial charge < -0.3 is 4.57 Å². The average Bonchev–Trinajstić information content (AvgIpc) is 2.95. The van der Waals surface area contributed by atoms with Crippen molar-refractivity contribution in [2.24, 2.45) is 0 Å². The highest BCUT2D eigenvalue weighted by Crippen LogP contribution is 2.17. The van der Waals surface area contributed by atoms with E-state index in [1.807, 2.05) is 44.2 Å². The summed E-state index contributed by atoms with van der Waals surface area (Å²) in [4.78, 5) is 28.9. The maximum atomic E-state index is 12.3. The molecule has 6 nitrogen and oxygen atoms in total. The SMILES string of the molecule is CCn1c(C)nc2cc(C(=O)NNC(=O)Cc3ccccc3C)ccc21. The minimum Gasteiger partial charge on any atom is -0.329 e. The molecule has 26 heavy (non-hydrogen) atoms. The number of imidazole rings is 1. The van der Waals surface area contributed by atoms with Crippen LogP contribution in [0.4, 0.5) is 0 Å². The van der Waals surface area contributed by atoms with Gasteiger partial charge in [0.1, 0.15) is 5.82 Å². The predicted octanol–water partition coefficient (Wildman–Crippen LogP) is 2.68. The third-order valence-electron chi connectivity index (χ3n) is 4.45. The molecular formula is C20H22N4O2. The summed E-state index contributed by atoms with van der Waals surface area (Å²) >= 11 is 0. The van der Waals surface area contributed by atoms with Gasteiger partial charge in [-0.25, -0.2) is 4.98 Å². The van der Waals surface area contributed by atoms with Gasteiger partial charge in [0.15, 0.2) is 0 Å². The highest BCUT2D eigenvalue weighted by Gasteiger charge is 2.12. The van der Waals surface area contributed by atoms with Crippen LogP contribution in [0.3, 0.4) is 0 Å². The lowest BCUT2D eigenvalue weighted by molar-refractivity contribution is -0.121. The van der Waals surface area contributed by atoms with Gasteiger partial charge in [0, 0.05) is 12.1 Å². The first-order chi connectivity index (χ1) is 12.5. The molecule has 0 saturated carbocycles. The van der Waals surface area contributed by atoms with Crippen LogP contribution in [0, 0.1) is 13.8 Å². The van der Waals surface area contributed by atoms with Gasteiger partial charge in [-0.2, -0.15) is 0 Å². The molecule has 0 unspecified atom stereocenters. The number of rotatable bonds is 4. The lowest BCUT2D eigenvalue weighted by atomic mass is 10.1. The first-order valence-corrected chi connectivity index (χ1v) is 8.60. The van der Waals surface area contributed by atoms with Crippen LogP contribution in [0.5, 0.6) is 0 Å². The molecule has 0 aliphatic rings. The molecule has 2 N–H and O–H groups in total. The molecule has 0 atom stereocenters. The van der Waals surface area contributed by atoms with E-state index in [0.717, 1.165) is 34.5 Å². The second-order valence-corrected chi connectivity index (χ2v) is 6.21. The van der Waals surface area contributed by atoms with Crippen LogP contribution in [-0.4, -0.2) is 21.4 Å². The van der Waals surface area contributed by atoms with E-state index in [4.69, 9.17) is 0 Å². The number of nitrogens with zero attached hydrogens (tertiary/aromatic N) is 2. The Morgan fingerprint density at radius 2 is 1.85 bits per heavy atom. The molecule has 1 heterocycles. The number of hydrogen-bond donors (Lipinski definition) is 2. The van der Waals surface area contributed by atoms with E-state index in [1.165, 1.54) is 0 Å². The van der Waals surface area contributed by atoms with Crippen LogP contribution in [0.25, 0.3) is 11.0 Å². The first-order valence-electron chi connectivity index (χ1n) is 8.60. The van der Waals surface area contributed by atoms with Gasteiger partial charge in [-0.1, -0.05) is 24.3 Å². The molecule has 134 valence electrons. The van der Waals surface area contributed by atoms with Crippen molar-refractivity contribution in [2.45, 2.75) is 33.7 Å². The van der Waals surface area contributed by atoms with E-state index in [9.17, 15) is 9.59 Å². The second-order valence-electron chi connectivity index (χ2n) is 6.21. The number of carbonyl (C=O) groups is 2. The Balaban J connectivity index is 1.65. The van der Waals surface area contributed by atoms with Gasteiger partial charge in [0.2, 0.25) is 5.91 Å². The van der Waals surface area contributed by atoms with Crippen molar-refractivity contribution >= 4 is 22.8 Å². The van der Waals surface area contributed by atoms with Crippen molar-refractivity contribution in [3.8, 4) is 0 Å². The van der Waals surface area contributed by atoms with Crippen molar-refractivity contribution in [2.75, 3.05) is 0 Å². The summed E-state index contributed by atoms with van der Waals surface area (Å²) in [5.41, 5.74) is 9.12. The Labute approximate surface area is 152 Å². The number of aromatic nitrogens is 2. The first kappa shape index (κ1) is 17.7. The zero-order valence-electron chi connectivity index (χ0n) is 15.2. The Morgan fingerprint density at radius 1 is 1.08 bits per heavy atom. The minimum atomic E-state index is -0.367. The average molecular weight is 350 g/mol. The molecule has 0 aliphatic heterocycles. The van der Waals surface area contributed by atoms with Crippen LogP contribution in [-0.2, 0) is 17.8 Å². The summed E-state index contributed by atoms with van der Waals surface area (Å²) in [6.07, 6.45) is 0.214. The zero-order chi connectivity index (χ0) is 18.7. The number of carbonyl (C=O) groups excluding carboxylic acids is 2. The Hall–Kier alpha value is -3.15. The maximum Gasteiger partial charge on any atom is 0.269 e. The lowest BCUT2D eigenvalue weighted by Gasteiger charge is -2.09. The van der Waals surface area contributed by atoms with E-state index in [-0.39, 0.29) is 18.2 Å². The number of nitrogens with one attached hydrogen (secondary N) is 2. The van der Waals surface area contributed by atoms with Crippen LogP contribution in [0.2, 0.25) is 0 Å². The van der Waals surface area contributed by atoms with Crippen molar-refractivity contribution < 1.29 is 9.59 Å². The lowest BCUT2D eigenvalue weighted by Crippen LogP contribution is -2.42. The number of benzene rings is 2. The molecule has 0 fully saturated rings. The third-order valence-corrected chi connectivity index (χ3v) is 4.45. The van der Waals surface area contributed by atoms with Gasteiger partial charge >= 0.3 is 0 Å². The number of fused-ring (bicyclic) bond motifs is 1. The van der Waals surface area contributed by atoms with Crippen molar-refractivity contribution in [3.63, 3.8) is 0 Å². The number of aryl methyl sites for hydroxylation is 3. The van der Waals surface area contributed by atoms with Crippen molar-refractivity contribution in [3.05, 3.63) is 65.0 Å². The molecule has 0 saturated heterocycles. The van der Waals surface area contributed by atoms with E-state index >= 15 is 0 Å². The van der Waals surface area contributed by atoms with Crippen LogP contribution in [0.15, 0.2) is 42.5 Å². The van der Waals surface area contributed by atoms with Gasteiger partial charge in [-0.15, -0.1) is 0 Å². The van der Waals surface area contributed by atoms with Crippen molar-refractivity contribution in [1.29, 1.82) is 0 Å². The fourth-order valence-electron chi connectivity index (χ4n) is 3.01. The third kappa shape index (κ3) is 3.59. The normalized spacial score (nSPS) is 10.7. The smallest absolute Gasteiger partial charge is 0.269 e. The van der Waals surface area contributed by atoms with Gasteiger partial charge in [-0.3, -0.25) is 20.4 Å². The summed E-state index contributed by atoms with van der Waals surface area (Å²) in [6, 6.07) is 13.0. The Bertz CT molecular complexity index is 975. The highest BCUT2D eigenvalue weighted by molar-refractivity contribution is 5.98. The van der Waals surface area contributed by atoms with E-state index in [0.29, 0.717) is 5.56 Å². The van der Waals surface area contributed by atoms with Gasteiger partial charge in [0.25, 0.3) is 5.91 Å². The monoisotopic (exact) mass is 350 g/mol. The molecule has 0 spiro atoms. The molecule has 0 aliphatic carbocycles. The summed E-state index contributed by atoms with van der Waals surface area (Å²) in [6.45, 7) is 6.77. The molecule has 0 radical (unpaired) electrons. The molecule has 2 aromatic carbocycles. The molecule has 3 rings (SSSR count). The topological polar surface area (TPSA) is 76.0 Å². The van der Waals surface area contributed by atoms with Gasteiger partial charge in [0.05, 0.1) is 17.5 Å². The van der Waals surface area contributed by atoms with E-state index in [1.54, 1.807) is 12.1 Å². The largest absolute Gasteiger partial charge is 0.329 e. The molecule has 6 heteroatoms. The maximum absolute atomic E-state index is 12.3. The zero-order valence-corrected chi connectivity index (χ0v) is 15.2. The minimum absolute atomic E-state index is 0.214. The Kier molecular flexibility index (Phi) is 5.02. The van der Waals surface area contributed by atoms with E-state index < -0.39 is 0 Å². The summed E-state index contributed by atoms with van der Waals surface area (Å²) in [5, 5.41) is 0. The second kappa shape index (κ2) is 7.39. The van der Waals surface area contributed by atoms with Gasteiger partial charge in [-0.05, 0) is 50.1 Å². The number of hydrazine groups is 1. The number of hydrogen-bond acceptors (Lipinski definition) is 3. The summed E-state index contributed by atoms with van der Waals surface area (Å²) in [5.74, 6) is 0.278. The van der Waals surface area contributed by atoms with Crippen molar-refractivity contribution in [1.82, 2.24) is 20.4 Å². The summed E-state index contributed by atoms with van der Waals surface area (Å²) in [7, 11) is 0. The Morgan fingerprint density at radius 3 is 2.58 bits per heavy atom. The van der Waals surface area contributed by atoms with E-state index in [2.05, 4.69) is 27.3 Å². The molecule has 1 aromatic heterocycles. The van der Waals surface area contributed by atoms with Crippen LogP contribution in [0.1, 0.15) is 34.2 Å². The molecule has 3 aromatic rings. The standard InChI is InChI=1S/C20H22N4O2/c1-4-24-14(3)21-17-11-16(9-10-18(17)24)20(26)23-22-19(25)12-15-8-6-5-7-13(15)2/h5-11H,4,12H2,1-3H3,(H,22,25)(H,23,26). The highest BCUT2D eigenvalue weighted by atomic mass is 16.2. The van der Waals surface area contributed by atoms with Crippen LogP contribution >= 0.6 is 0 Å². The fourth-order valence-corrected chi connectivity index (χ4v) is 3.01. The quantitative estimate of drug-likeness (QED) is 0.710. The predicted molar refractivity (Wildman–Crippen MR) is 101 cm³/mol. The summed E-state index contributed by atoms with van der Waals surface area (Å²) < 4.78 is 2.08. The number of amides is 2. The molecular weight excluding hydrogens is 328 g/mol. The molecule has 2 amide bonds. The van der Waals surface area contributed by atoms with Crippen LogP contribution < -0.4 is 10.9 Å².